The third kappa shape index (κ3) is 4.48. The molecule has 0 aliphatic carbocycles. The Balaban J connectivity index is 1.42. The third-order valence-electron chi connectivity index (χ3n) is 5.88. The van der Waals surface area contributed by atoms with Crippen molar-refractivity contribution in [1.29, 1.82) is 0 Å². The summed E-state index contributed by atoms with van der Waals surface area (Å²) in [6, 6.07) is 6.66. The number of nitrogens with zero attached hydrogens (tertiary/aromatic N) is 5. The van der Waals surface area contributed by atoms with Crippen LogP contribution in [0.3, 0.4) is 0 Å². The molecule has 0 bridgehead atoms. The maximum absolute atomic E-state index is 13.0. The predicted molar refractivity (Wildman–Crippen MR) is 120 cm³/mol. The number of amides is 1. The molecule has 0 atom stereocenters. The van der Waals surface area contributed by atoms with Crippen LogP contribution >= 0.6 is 11.3 Å². The van der Waals surface area contributed by atoms with E-state index in [1.54, 1.807) is 17.2 Å². The van der Waals surface area contributed by atoms with Gasteiger partial charge >= 0.3 is 12.1 Å². The van der Waals surface area contributed by atoms with Crippen LogP contribution in [0.4, 0.5) is 13.2 Å². The summed E-state index contributed by atoms with van der Waals surface area (Å²) in [5.41, 5.74) is 3.02. The molecule has 1 aliphatic heterocycles. The molecule has 5 rings (SSSR count). The summed E-state index contributed by atoms with van der Waals surface area (Å²) in [5, 5.41) is 9.01. The Labute approximate surface area is 200 Å². The van der Waals surface area contributed by atoms with Crippen molar-refractivity contribution in [3.8, 4) is 0 Å². The average molecular weight is 501 g/mol. The molecule has 1 aliphatic rings. The monoisotopic (exact) mass is 501 g/mol. The van der Waals surface area contributed by atoms with Crippen LogP contribution in [0.1, 0.15) is 37.2 Å². The number of carboxylic acid groups (broad SMARTS) is 1. The lowest BCUT2D eigenvalue weighted by molar-refractivity contribution is -0.137. The van der Waals surface area contributed by atoms with E-state index in [2.05, 4.69) is 15.0 Å². The van der Waals surface area contributed by atoms with Crippen LogP contribution in [0.2, 0.25) is 0 Å². The predicted octanol–water partition coefficient (Wildman–Crippen LogP) is 3.78. The number of carbonyl (C=O) groups is 2. The van der Waals surface area contributed by atoms with Crippen molar-refractivity contribution in [2.24, 2.45) is 0 Å². The van der Waals surface area contributed by atoms with Crippen LogP contribution < -0.4 is 0 Å². The Morgan fingerprint density at radius 3 is 2.63 bits per heavy atom. The van der Waals surface area contributed by atoms with Gasteiger partial charge in [0.1, 0.15) is 11.3 Å². The number of aromatic carboxylic acids is 1. The molecule has 0 unspecified atom stereocenters. The summed E-state index contributed by atoms with van der Waals surface area (Å²) in [6.45, 7) is 0.939. The van der Waals surface area contributed by atoms with Crippen LogP contribution in [0.25, 0.3) is 11.0 Å². The van der Waals surface area contributed by atoms with Crippen molar-refractivity contribution in [3.05, 3.63) is 75.3 Å². The SMILES string of the molecule is O=C(O)c1ccc(CC(=O)N2CCc3c(n(Cc4cnc(C(F)(F)F)s4)c4ncccc34)C2)cn1. The van der Waals surface area contributed by atoms with Crippen molar-refractivity contribution in [1.82, 2.24) is 24.4 Å². The van der Waals surface area contributed by atoms with Gasteiger partial charge in [-0.3, -0.25) is 4.79 Å². The van der Waals surface area contributed by atoms with Crippen molar-refractivity contribution < 1.29 is 27.9 Å². The Kier molecular flexibility index (Phi) is 5.75. The van der Waals surface area contributed by atoms with Gasteiger partial charge < -0.3 is 14.6 Å². The first-order valence-corrected chi connectivity index (χ1v) is 11.4. The molecule has 4 aromatic heterocycles. The molecule has 0 aromatic carbocycles. The highest BCUT2D eigenvalue weighted by molar-refractivity contribution is 7.11. The Morgan fingerprint density at radius 1 is 1.11 bits per heavy atom. The Morgan fingerprint density at radius 2 is 1.94 bits per heavy atom. The molecule has 0 saturated carbocycles. The zero-order valence-electron chi connectivity index (χ0n) is 18.1. The van der Waals surface area contributed by atoms with Crippen molar-refractivity contribution in [2.45, 2.75) is 32.1 Å². The van der Waals surface area contributed by atoms with E-state index in [1.165, 1.54) is 18.5 Å². The average Bonchev–Trinajstić information content (AvgIpc) is 3.43. The molecule has 8 nitrogen and oxygen atoms in total. The van der Waals surface area contributed by atoms with Crippen LogP contribution in [0, 0.1) is 0 Å². The minimum absolute atomic E-state index is 0.0600. The fourth-order valence-corrected chi connectivity index (χ4v) is 5.02. The number of fused-ring (bicyclic) bond motifs is 3. The highest BCUT2D eigenvalue weighted by atomic mass is 32.1. The number of carbonyl (C=O) groups excluding carboxylic acids is 1. The molecule has 12 heteroatoms. The van der Waals surface area contributed by atoms with E-state index in [0.717, 1.165) is 16.6 Å². The summed E-state index contributed by atoms with van der Waals surface area (Å²) in [4.78, 5) is 38.0. The molecule has 0 saturated heterocycles. The summed E-state index contributed by atoms with van der Waals surface area (Å²) in [7, 11) is 0. The minimum Gasteiger partial charge on any atom is -0.477 e. The van der Waals surface area contributed by atoms with E-state index in [-0.39, 0.29) is 31.1 Å². The molecule has 0 fully saturated rings. The molecule has 180 valence electrons. The van der Waals surface area contributed by atoms with Crippen LogP contribution in [0.5, 0.6) is 0 Å². The number of pyridine rings is 2. The highest BCUT2D eigenvalue weighted by Crippen LogP contribution is 2.35. The smallest absolute Gasteiger partial charge is 0.443 e. The van der Waals surface area contributed by atoms with E-state index in [9.17, 15) is 22.8 Å². The largest absolute Gasteiger partial charge is 0.477 e. The lowest BCUT2D eigenvalue weighted by Crippen LogP contribution is -2.37. The van der Waals surface area contributed by atoms with Gasteiger partial charge in [0, 0.05) is 41.1 Å². The highest BCUT2D eigenvalue weighted by Gasteiger charge is 2.35. The van der Waals surface area contributed by atoms with Crippen LogP contribution in [-0.2, 0) is 36.9 Å². The Hall–Kier alpha value is -3.80. The number of alkyl halides is 3. The molecule has 0 radical (unpaired) electrons. The van der Waals surface area contributed by atoms with Gasteiger partial charge in [0.15, 0.2) is 5.01 Å². The summed E-state index contributed by atoms with van der Waals surface area (Å²) < 4.78 is 41.0. The van der Waals surface area contributed by atoms with Crippen molar-refractivity contribution in [2.75, 3.05) is 6.54 Å². The molecule has 0 spiro atoms. The lowest BCUT2D eigenvalue weighted by atomic mass is 10.0. The molecular formula is C23H18F3N5O3S. The zero-order chi connectivity index (χ0) is 24.7. The number of thiazole rings is 1. The second kappa shape index (κ2) is 8.77. The van der Waals surface area contributed by atoms with Crippen LogP contribution in [0.15, 0.2) is 42.9 Å². The molecule has 35 heavy (non-hydrogen) atoms. The van der Waals surface area contributed by atoms with Gasteiger partial charge in [0.25, 0.3) is 0 Å². The van der Waals surface area contributed by atoms with Crippen molar-refractivity contribution in [3.63, 3.8) is 0 Å². The first-order valence-electron chi connectivity index (χ1n) is 10.6. The number of halogens is 3. The number of aromatic nitrogens is 4. The Bertz CT molecular complexity index is 1430. The maximum atomic E-state index is 13.0. The normalized spacial score (nSPS) is 13.7. The quantitative estimate of drug-likeness (QED) is 0.447. The zero-order valence-corrected chi connectivity index (χ0v) is 18.9. The topological polar surface area (TPSA) is 101 Å². The molecule has 4 aromatic rings. The van der Waals surface area contributed by atoms with Gasteiger partial charge in [-0.25, -0.2) is 19.7 Å². The fraction of sp³-hybridized carbons (Fsp3) is 0.261. The number of hydrogen-bond donors (Lipinski definition) is 1. The standard InChI is InChI=1S/C23H18F3N5O3S/c24-23(25,26)22-29-10-14(35-22)11-31-18-12-30(7-5-15(18)16-2-1-6-27-20(16)31)19(32)8-13-3-4-17(21(33)34)28-9-13/h1-4,6,9-10H,5,7-8,11-12H2,(H,33,34). The van der Waals surface area contributed by atoms with Gasteiger partial charge in [-0.05, 0) is 35.7 Å². The second-order valence-corrected chi connectivity index (χ2v) is 9.23. The van der Waals surface area contributed by atoms with Gasteiger partial charge in [0.05, 0.1) is 19.5 Å². The fourth-order valence-electron chi connectivity index (χ4n) is 4.25. The van der Waals surface area contributed by atoms with E-state index in [0.29, 0.717) is 40.4 Å². The third-order valence-corrected chi connectivity index (χ3v) is 6.90. The van der Waals surface area contributed by atoms with Gasteiger partial charge in [0.2, 0.25) is 5.91 Å². The van der Waals surface area contributed by atoms with E-state index >= 15 is 0 Å². The van der Waals surface area contributed by atoms with Gasteiger partial charge in [-0.2, -0.15) is 13.2 Å². The molecule has 5 heterocycles. The summed E-state index contributed by atoms with van der Waals surface area (Å²) in [5.74, 6) is -1.29. The summed E-state index contributed by atoms with van der Waals surface area (Å²) in [6.07, 6.45) is 0.385. The van der Waals surface area contributed by atoms with Gasteiger partial charge in [-0.15, -0.1) is 11.3 Å². The maximum Gasteiger partial charge on any atom is 0.443 e. The molecule has 1 N–H and O–H groups in total. The van der Waals surface area contributed by atoms with E-state index in [4.69, 9.17) is 5.11 Å². The number of hydrogen-bond acceptors (Lipinski definition) is 6. The van der Waals surface area contributed by atoms with Gasteiger partial charge in [-0.1, -0.05) is 6.07 Å². The first kappa shape index (κ1) is 23.0. The number of rotatable bonds is 5. The molecular weight excluding hydrogens is 483 g/mol. The molecule has 1 amide bonds. The van der Waals surface area contributed by atoms with Crippen LogP contribution in [-0.4, -0.2) is 47.9 Å². The van der Waals surface area contributed by atoms with E-state index in [1.807, 2.05) is 16.7 Å². The van der Waals surface area contributed by atoms with E-state index < -0.39 is 17.2 Å². The van der Waals surface area contributed by atoms with Crippen molar-refractivity contribution >= 4 is 34.2 Å². The first-order chi connectivity index (χ1) is 16.7. The summed E-state index contributed by atoms with van der Waals surface area (Å²) >= 11 is 0.595. The number of carboxylic acids is 1. The second-order valence-electron chi connectivity index (χ2n) is 8.11. The minimum atomic E-state index is -4.50. The lowest BCUT2D eigenvalue weighted by Gasteiger charge is -2.28.